The number of hydrogen-bond acceptors (Lipinski definition) is 3. The zero-order valence-electron chi connectivity index (χ0n) is 12.3. The number of nitrogens with zero attached hydrogens (tertiary/aromatic N) is 1. The number of benzene rings is 1. The first-order valence-electron chi connectivity index (χ1n) is 7.32. The summed E-state index contributed by atoms with van der Waals surface area (Å²) in [5, 5.41) is 13.1. The molecule has 1 fully saturated rings. The van der Waals surface area contributed by atoms with Gasteiger partial charge in [0.2, 0.25) is 0 Å². The van der Waals surface area contributed by atoms with Crippen molar-refractivity contribution in [1.82, 2.24) is 10.2 Å². The van der Waals surface area contributed by atoms with Crippen LogP contribution in [-0.4, -0.2) is 35.7 Å². The summed E-state index contributed by atoms with van der Waals surface area (Å²) in [4.78, 5) is 2.55. The lowest BCUT2D eigenvalue weighted by atomic mass is 10.1. The lowest BCUT2D eigenvalue weighted by Crippen LogP contribution is -2.31. The van der Waals surface area contributed by atoms with Crippen LogP contribution in [-0.2, 0) is 0 Å². The van der Waals surface area contributed by atoms with Crippen molar-refractivity contribution < 1.29 is 5.11 Å². The van der Waals surface area contributed by atoms with Gasteiger partial charge in [-0.2, -0.15) is 0 Å². The topological polar surface area (TPSA) is 35.5 Å². The molecule has 0 saturated carbocycles. The smallest absolute Gasteiger partial charge is 0.115 e. The summed E-state index contributed by atoms with van der Waals surface area (Å²) >= 11 is 0. The van der Waals surface area contributed by atoms with Gasteiger partial charge in [-0.25, -0.2) is 0 Å². The molecule has 0 spiro atoms. The molecule has 2 unspecified atom stereocenters. The van der Waals surface area contributed by atoms with Crippen LogP contribution < -0.4 is 5.32 Å². The van der Waals surface area contributed by atoms with Crippen molar-refractivity contribution in [3.63, 3.8) is 0 Å². The number of aromatic hydroxyl groups is 1. The number of nitrogens with one attached hydrogen (secondary N) is 1. The fraction of sp³-hybridized carbons (Fsp3) is 0.625. The number of likely N-dealkylation sites (tertiary alicyclic amines) is 1. The van der Waals surface area contributed by atoms with Crippen molar-refractivity contribution >= 4 is 0 Å². The number of rotatable bonds is 5. The van der Waals surface area contributed by atoms with Crippen molar-refractivity contribution in [2.45, 2.75) is 39.3 Å². The highest BCUT2D eigenvalue weighted by Crippen LogP contribution is 2.21. The van der Waals surface area contributed by atoms with Crippen LogP contribution in [0.4, 0.5) is 0 Å². The van der Waals surface area contributed by atoms with E-state index in [4.69, 9.17) is 0 Å². The minimum atomic E-state index is 0.292. The van der Waals surface area contributed by atoms with E-state index in [1.54, 1.807) is 6.07 Å². The molecule has 2 N–H and O–H groups in total. The molecule has 1 aromatic carbocycles. The lowest BCUT2D eigenvalue weighted by Gasteiger charge is -2.21. The highest BCUT2D eigenvalue weighted by molar-refractivity contribution is 5.28. The summed E-state index contributed by atoms with van der Waals surface area (Å²) in [6.07, 6.45) is 1.29. The van der Waals surface area contributed by atoms with Crippen molar-refractivity contribution in [3.8, 4) is 5.75 Å². The van der Waals surface area contributed by atoms with Crippen LogP contribution >= 0.6 is 0 Å². The Morgan fingerprint density at radius 1 is 1.37 bits per heavy atom. The van der Waals surface area contributed by atoms with Gasteiger partial charge in [-0.05, 0) is 63.9 Å². The lowest BCUT2D eigenvalue weighted by molar-refractivity contribution is 0.263. The molecule has 1 aromatic rings. The maximum Gasteiger partial charge on any atom is 0.115 e. The minimum absolute atomic E-state index is 0.292. The van der Waals surface area contributed by atoms with Gasteiger partial charge in [0.05, 0.1) is 0 Å². The Morgan fingerprint density at radius 3 is 2.79 bits per heavy atom. The van der Waals surface area contributed by atoms with E-state index >= 15 is 0 Å². The van der Waals surface area contributed by atoms with E-state index in [9.17, 15) is 5.11 Å². The van der Waals surface area contributed by atoms with Gasteiger partial charge >= 0.3 is 0 Å². The predicted molar refractivity (Wildman–Crippen MR) is 79.3 cm³/mol. The molecule has 0 bridgehead atoms. The zero-order valence-corrected chi connectivity index (χ0v) is 12.3. The molecule has 1 aliphatic heterocycles. The molecular formula is C16H26N2O. The number of hydrogen-bond donors (Lipinski definition) is 2. The van der Waals surface area contributed by atoms with E-state index in [0.717, 1.165) is 18.0 Å². The number of phenols is 1. The van der Waals surface area contributed by atoms with Crippen LogP contribution in [0.2, 0.25) is 0 Å². The van der Waals surface area contributed by atoms with Gasteiger partial charge in [-0.15, -0.1) is 0 Å². The molecule has 19 heavy (non-hydrogen) atoms. The molecule has 0 amide bonds. The van der Waals surface area contributed by atoms with Crippen molar-refractivity contribution in [2.24, 2.45) is 5.92 Å². The maximum atomic E-state index is 9.50. The first-order chi connectivity index (χ1) is 9.06. The number of phenolic OH excluding ortho intramolecular Hbond substituents is 1. The molecule has 0 aromatic heterocycles. The molecule has 2 atom stereocenters. The van der Waals surface area contributed by atoms with Gasteiger partial charge in [0, 0.05) is 18.6 Å². The predicted octanol–water partition coefficient (Wildman–Crippen LogP) is 2.77. The third-order valence-electron chi connectivity index (χ3n) is 4.13. The molecule has 1 aliphatic rings. The Kier molecular flexibility index (Phi) is 4.83. The van der Waals surface area contributed by atoms with Gasteiger partial charge in [-0.3, -0.25) is 0 Å². The minimum Gasteiger partial charge on any atom is -0.508 e. The largest absolute Gasteiger partial charge is 0.508 e. The molecule has 0 aliphatic carbocycles. The van der Waals surface area contributed by atoms with Crippen LogP contribution in [0.15, 0.2) is 24.3 Å². The van der Waals surface area contributed by atoms with E-state index in [1.165, 1.54) is 19.5 Å². The molecular weight excluding hydrogens is 236 g/mol. The Balaban J connectivity index is 1.80. The summed E-state index contributed by atoms with van der Waals surface area (Å²) in [7, 11) is 0. The monoisotopic (exact) mass is 262 g/mol. The zero-order chi connectivity index (χ0) is 13.8. The summed E-state index contributed by atoms with van der Waals surface area (Å²) in [5.74, 6) is 1.10. The molecule has 0 radical (unpaired) electrons. The van der Waals surface area contributed by atoms with Crippen molar-refractivity contribution in [3.05, 3.63) is 29.8 Å². The molecule has 3 heteroatoms. The highest BCUT2D eigenvalue weighted by atomic mass is 16.3. The Hall–Kier alpha value is -1.06. The van der Waals surface area contributed by atoms with Gasteiger partial charge in [0.15, 0.2) is 0 Å². The fourth-order valence-corrected chi connectivity index (χ4v) is 2.75. The van der Waals surface area contributed by atoms with Crippen LogP contribution in [0, 0.1) is 5.92 Å². The van der Waals surface area contributed by atoms with Crippen molar-refractivity contribution in [1.29, 1.82) is 0 Å². The summed E-state index contributed by atoms with van der Waals surface area (Å²) < 4.78 is 0. The summed E-state index contributed by atoms with van der Waals surface area (Å²) in [6.45, 7) is 10.2. The summed E-state index contributed by atoms with van der Waals surface area (Å²) in [5.41, 5.74) is 1.15. The quantitative estimate of drug-likeness (QED) is 0.856. The third-order valence-corrected chi connectivity index (χ3v) is 4.13. The van der Waals surface area contributed by atoms with E-state index < -0.39 is 0 Å². The second-order valence-electron chi connectivity index (χ2n) is 5.97. The first kappa shape index (κ1) is 14.4. The average Bonchev–Trinajstić information content (AvgIpc) is 2.85. The molecule has 1 saturated heterocycles. The SMILES string of the molecule is CC(NCC1CCN(C(C)C)C1)c1cccc(O)c1. The van der Waals surface area contributed by atoms with Crippen LogP contribution in [0.5, 0.6) is 5.75 Å². The molecule has 3 nitrogen and oxygen atoms in total. The van der Waals surface area contributed by atoms with E-state index in [-0.39, 0.29) is 0 Å². The van der Waals surface area contributed by atoms with Gasteiger partial charge in [0.1, 0.15) is 5.75 Å². The Bertz CT molecular complexity index is 405. The van der Waals surface area contributed by atoms with Crippen LogP contribution in [0.1, 0.15) is 38.8 Å². The molecule has 2 rings (SSSR count). The normalized spacial score (nSPS) is 22.0. The molecule has 1 heterocycles. The average molecular weight is 262 g/mol. The van der Waals surface area contributed by atoms with E-state index in [2.05, 4.69) is 37.1 Å². The van der Waals surface area contributed by atoms with Crippen LogP contribution in [0.3, 0.4) is 0 Å². The van der Waals surface area contributed by atoms with Gasteiger partial charge < -0.3 is 15.3 Å². The van der Waals surface area contributed by atoms with Crippen molar-refractivity contribution in [2.75, 3.05) is 19.6 Å². The Morgan fingerprint density at radius 2 is 2.16 bits per heavy atom. The Labute approximate surface area is 116 Å². The van der Waals surface area contributed by atoms with E-state index in [0.29, 0.717) is 17.8 Å². The first-order valence-corrected chi connectivity index (χ1v) is 7.32. The van der Waals surface area contributed by atoms with Gasteiger partial charge in [-0.1, -0.05) is 12.1 Å². The van der Waals surface area contributed by atoms with E-state index in [1.807, 2.05) is 12.1 Å². The second-order valence-corrected chi connectivity index (χ2v) is 5.97. The molecule has 106 valence electrons. The van der Waals surface area contributed by atoms with Crippen LogP contribution in [0.25, 0.3) is 0 Å². The fourth-order valence-electron chi connectivity index (χ4n) is 2.75. The van der Waals surface area contributed by atoms with Gasteiger partial charge in [0.25, 0.3) is 0 Å². The third kappa shape index (κ3) is 3.95. The second kappa shape index (κ2) is 6.40. The highest BCUT2D eigenvalue weighted by Gasteiger charge is 2.24. The standard InChI is InChI=1S/C16H26N2O/c1-12(2)18-8-7-14(11-18)10-17-13(3)15-5-4-6-16(19)9-15/h4-6,9,12-14,17,19H,7-8,10-11H2,1-3H3. The summed E-state index contributed by atoms with van der Waals surface area (Å²) in [6, 6.07) is 8.47. The maximum absolute atomic E-state index is 9.50.